The summed E-state index contributed by atoms with van der Waals surface area (Å²) in [5.41, 5.74) is 12.7. The van der Waals surface area contributed by atoms with E-state index in [9.17, 15) is 27.6 Å². The summed E-state index contributed by atoms with van der Waals surface area (Å²) in [4.78, 5) is 100. The number of fused-ring (bicyclic) bond motifs is 1. The number of pyridine rings is 2. The number of carbonyl (C=O) groups is 4. The van der Waals surface area contributed by atoms with E-state index in [0.717, 1.165) is 35.9 Å². The number of aliphatic hydroxyl groups is 1. The Morgan fingerprint density at radius 1 is 0.565 bits per heavy atom. The number of nitrogens with two attached hydrogens (primary N) is 1. The van der Waals surface area contributed by atoms with E-state index in [1.54, 1.807) is 80.3 Å². The molecule has 0 spiro atoms. The number of nitrogen functional groups attached to an aromatic ring is 1. The maximum absolute atomic E-state index is 10.8. The van der Waals surface area contributed by atoms with E-state index in [1.165, 1.54) is 130 Å². The van der Waals surface area contributed by atoms with Crippen molar-refractivity contribution in [2.75, 3.05) is 81.2 Å². The summed E-state index contributed by atoms with van der Waals surface area (Å²) in [5.74, 6) is 3.90. The van der Waals surface area contributed by atoms with Gasteiger partial charge >= 0.3 is 11.9 Å². The molecular weight excluding hydrogens is 1540 g/mol. The molecule has 0 saturated heterocycles. The first-order valence-corrected chi connectivity index (χ1v) is 34.7. The van der Waals surface area contributed by atoms with Gasteiger partial charge in [0.05, 0.1) is 183 Å². The monoisotopic (exact) mass is 1610 g/mol. The zero-order valence-electron chi connectivity index (χ0n) is 63.1. The number of hydrogen-bond donors (Lipinski definition) is 4. The van der Waals surface area contributed by atoms with E-state index in [4.69, 9.17) is 77.8 Å². The van der Waals surface area contributed by atoms with E-state index in [2.05, 4.69) is 99.7 Å². The number of imidazole rings is 1. The van der Waals surface area contributed by atoms with Crippen LogP contribution in [0.2, 0.25) is 5.15 Å². The summed E-state index contributed by atoms with van der Waals surface area (Å²) in [5, 5.41) is 38.2. The molecule has 0 amide bonds. The Labute approximate surface area is 664 Å². The number of methoxy groups -OCH3 is 7. The predicted octanol–water partition coefficient (Wildman–Crippen LogP) is 8.57. The van der Waals surface area contributed by atoms with Crippen molar-refractivity contribution < 1.29 is 84.6 Å². The van der Waals surface area contributed by atoms with Crippen LogP contribution in [0.1, 0.15) is 75.6 Å². The number of benzene rings is 3. The highest BCUT2D eigenvalue weighted by Crippen LogP contribution is 2.30. The third-order valence-corrected chi connectivity index (χ3v) is 14.0. The number of phenols is 1. The number of hydrogen-bond acceptors (Lipinski definition) is 36. The molecule has 596 valence electrons. The number of aromatic hydroxyl groups is 1. The number of aliphatic hydroxyl groups excluding tert-OH is 1. The van der Waals surface area contributed by atoms with Gasteiger partial charge in [-0.1, -0.05) is 11.6 Å². The lowest BCUT2D eigenvalue weighted by atomic mass is 10.1. The van der Waals surface area contributed by atoms with Crippen LogP contribution in [0.4, 0.5) is 11.6 Å². The molecule has 5 N–H and O–H groups in total. The minimum absolute atomic E-state index is 0.0863. The van der Waals surface area contributed by atoms with Crippen molar-refractivity contribution in [1.82, 2.24) is 74.2 Å². The van der Waals surface area contributed by atoms with Crippen LogP contribution in [-0.2, 0) is 50.2 Å². The quantitative estimate of drug-likeness (QED) is 0.0226. The summed E-state index contributed by atoms with van der Waals surface area (Å²) in [7, 11) is 9.93. The lowest BCUT2D eigenvalue weighted by Gasteiger charge is -2.08. The fraction of sp³-hybridized carbons (Fsp3) is 0.187. The van der Waals surface area contributed by atoms with Gasteiger partial charge in [-0.15, -0.1) is 0 Å². The fourth-order valence-corrected chi connectivity index (χ4v) is 8.14. The highest BCUT2D eigenvalue weighted by molar-refractivity contribution is 7.85. The number of anilines is 2. The van der Waals surface area contributed by atoms with E-state index in [0.29, 0.717) is 111 Å². The number of nitrogens with one attached hydrogen (secondary N) is 1. The highest BCUT2D eigenvalue weighted by atomic mass is 35.5. The third-order valence-electron chi connectivity index (χ3n) is 13.2. The van der Waals surface area contributed by atoms with Gasteiger partial charge in [-0.25, -0.2) is 66.0 Å². The molecule has 0 aliphatic rings. The number of phenolic OH excluding ortho intramolecular Hbond substituents is 1. The first kappa shape index (κ1) is 92.3. The van der Waals surface area contributed by atoms with Crippen molar-refractivity contribution in [3.05, 3.63) is 257 Å². The molecule has 9 aromatic heterocycles. The molecule has 40 heteroatoms. The third kappa shape index (κ3) is 34.6. The van der Waals surface area contributed by atoms with Gasteiger partial charge in [0.25, 0.3) is 10.1 Å². The molecule has 3 aromatic carbocycles. The van der Waals surface area contributed by atoms with Crippen molar-refractivity contribution in [1.29, 1.82) is 10.5 Å². The van der Waals surface area contributed by atoms with Crippen LogP contribution in [0.3, 0.4) is 0 Å². The number of nitriles is 2. The normalized spacial score (nSPS) is 9.64. The zero-order chi connectivity index (χ0) is 84.3. The molecule has 0 aliphatic carbocycles. The second-order valence-electron chi connectivity index (χ2n) is 21.1. The molecule has 9 heterocycles. The van der Waals surface area contributed by atoms with Gasteiger partial charge in [-0.2, -0.15) is 18.9 Å². The van der Waals surface area contributed by atoms with E-state index >= 15 is 0 Å². The molecule has 0 unspecified atom stereocenters. The van der Waals surface area contributed by atoms with Gasteiger partial charge in [0.15, 0.2) is 11.4 Å². The number of halogens is 1. The molecule has 12 aromatic rings. The van der Waals surface area contributed by atoms with E-state index < -0.39 is 22.1 Å². The SMILES string of the molecule is CNc1c(-c2ccc(OCc3cnc(OC)cn3)cc2)nc2cc(C#N)ccn12.COC(=O)c1cnc(Cl)cn1.COC(=O)c1cnc(OC)cn1.COc1cnc(CO)cn1.COc1cnc(COS(C)(=O)=O)cn1.COc1cnc(COc2ccc(C=O)cc2)cn1.N#Cc1ccnc(N)c1.O=Cc1ccc(O)cc1.[C-]#[N+]C. The highest BCUT2D eigenvalue weighted by Gasteiger charge is 2.15. The van der Waals surface area contributed by atoms with Crippen LogP contribution in [0, 0.1) is 29.2 Å². The van der Waals surface area contributed by atoms with Crippen molar-refractivity contribution in [3.8, 4) is 70.0 Å². The first-order valence-electron chi connectivity index (χ1n) is 32.5. The van der Waals surface area contributed by atoms with Crippen LogP contribution >= 0.6 is 11.6 Å². The smallest absolute Gasteiger partial charge is 0.358 e. The fourth-order valence-electron chi connectivity index (χ4n) is 7.71. The summed E-state index contributed by atoms with van der Waals surface area (Å²) in [6.07, 6.45) is 23.1. The maximum Gasteiger partial charge on any atom is 0.358 e. The molecule has 12 rings (SSSR count). The van der Waals surface area contributed by atoms with E-state index in [1.807, 2.05) is 48.0 Å². The van der Waals surface area contributed by atoms with Gasteiger partial charge in [0.1, 0.15) is 77.8 Å². The van der Waals surface area contributed by atoms with Gasteiger partial charge in [0, 0.05) is 36.1 Å². The number of rotatable bonds is 21. The lowest BCUT2D eigenvalue weighted by molar-refractivity contribution is 0.0584. The zero-order valence-corrected chi connectivity index (χ0v) is 64.7. The predicted molar refractivity (Wildman–Crippen MR) is 413 cm³/mol. The van der Waals surface area contributed by atoms with Crippen LogP contribution in [0.5, 0.6) is 46.6 Å². The molecule has 0 saturated carbocycles. The minimum Gasteiger partial charge on any atom is -0.508 e. The van der Waals surface area contributed by atoms with Crippen LogP contribution in [0.15, 0.2) is 184 Å². The average Bonchev–Trinajstić information content (AvgIpc) is 1.63. The molecule has 0 bridgehead atoms. The van der Waals surface area contributed by atoms with Gasteiger partial charge < -0.3 is 68.7 Å². The summed E-state index contributed by atoms with van der Waals surface area (Å²) in [6, 6.07) is 31.3. The standard InChI is InChI=1S/C21H18N6O2.C13H12N2O3.C7H10N2O4S.C7H8N2O3.C7H6O2.C6H5ClN2O2.C6H5N3.C6H8N2O2.C2H3N/c1-23-21-20(26-18-9-14(10-22)7-8-27(18)21)15-3-5-17(6-4-15)29-13-16-11-25-19(28-2)12-24-16;1-17-13-7-14-11(6-15-13)9-18-12-4-2-10(8-16)3-5-12;1-12-7-4-8-6(3-9-7)5-13-14(2,10)11;1-11-6-4-8-5(3-9-6)7(10)12-2;8-5-6-1-3-7(9)4-2-6;1-11-6(10)4-2-9-5(7)3-8-4;7-4-5-1-2-9-6(8)3-5;1-10-6-3-7-5(4-9)2-8-6;1-3-2/h3-9,11-12,23H,13H2,1-2H3;2-8H,9H2,1H3;3-4H,5H2,1-2H3;3-4H,1-2H3;1-5,9H;2-3H,1H3;1-3H,(H2,8,9);2-3,9H,4H2,1H3;1H3. The Morgan fingerprint density at radius 3 is 1.33 bits per heavy atom. The Balaban J connectivity index is 0.000000286. The van der Waals surface area contributed by atoms with E-state index in [-0.39, 0.29) is 35.5 Å². The van der Waals surface area contributed by atoms with Crippen LogP contribution < -0.4 is 44.2 Å². The minimum atomic E-state index is -3.44. The number of esters is 2. The Morgan fingerprint density at radius 2 is 0.974 bits per heavy atom. The summed E-state index contributed by atoms with van der Waals surface area (Å²) < 4.78 is 72.0. The second kappa shape index (κ2) is 51.3. The number of carbonyl (C=O) groups excluding carboxylic acids is 4. The van der Waals surface area contributed by atoms with Gasteiger partial charge in [0.2, 0.25) is 36.4 Å². The molecule has 38 nitrogen and oxygen atoms in total. The molecule has 0 aliphatic heterocycles. The molecule has 115 heavy (non-hydrogen) atoms. The number of ether oxygens (including phenoxy) is 9. The van der Waals surface area contributed by atoms with Crippen molar-refractivity contribution in [2.24, 2.45) is 0 Å². The second-order valence-corrected chi connectivity index (χ2v) is 23.1. The van der Waals surface area contributed by atoms with Crippen LogP contribution in [0.25, 0.3) is 21.7 Å². The first-order chi connectivity index (χ1) is 55.5. The summed E-state index contributed by atoms with van der Waals surface area (Å²) in [6.45, 7) is 6.26. The molecule has 0 fully saturated rings. The van der Waals surface area contributed by atoms with Crippen molar-refractivity contribution >= 4 is 63.5 Å². The Hall–Kier alpha value is -15.1. The van der Waals surface area contributed by atoms with Gasteiger partial charge in [-0.3, -0.25) is 38.1 Å². The summed E-state index contributed by atoms with van der Waals surface area (Å²) >= 11 is 5.43. The number of aromatic nitrogens is 15. The molecule has 0 atom stereocenters. The average molecular weight is 1610 g/mol. The lowest BCUT2D eigenvalue weighted by Crippen LogP contribution is -2.04. The number of nitrogens with zero attached hydrogens (tertiary/aromatic N) is 18. The Kier molecular flexibility index (Phi) is 41.2. The maximum atomic E-state index is 10.8. The van der Waals surface area contributed by atoms with Crippen molar-refractivity contribution in [3.63, 3.8) is 0 Å². The largest absolute Gasteiger partial charge is 0.508 e. The molecular formula is C75H75ClN20O18S. The number of aldehydes is 2. The van der Waals surface area contributed by atoms with Crippen molar-refractivity contribution in [2.45, 2.75) is 26.4 Å². The topological polar surface area (TPSA) is 510 Å². The molecule has 0 radical (unpaired) electrons. The van der Waals surface area contributed by atoms with Gasteiger partial charge in [-0.05, 0) is 97.1 Å². The Bertz CT molecular complexity index is 5150. The van der Waals surface area contributed by atoms with Crippen LogP contribution in [-0.4, -0.2) is 187 Å².